The second-order valence-electron chi connectivity index (χ2n) is 6.85. The normalized spacial score (nSPS) is 10.8. The third kappa shape index (κ3) is 4.36. The summed E-state index contributed by atoms with van der Waals surface area (Å²) in [6.07, 6.45) is 0. The van der Waals surface area contributed by atoms with E-state index in [2.05, 4.69) is 10.1 Å². The highest BCUT2D eigenvalue weighted by molar-refractivity contribution is 7.13. The second kappa shape index (κ2) is 8.49. The van der Waals surface area contributed by atoms with E-state index in [-0.39, 0.29) is 12.4 Å². The van der Waals surface area contributed by atoms with E-state index in [1.54, 1.807) is 43.4 Å². The van der Waals surface area contributed by atoms with E-state index < -0.39 is 17.6 Å². The van der Waals surface area contributed by atoms with Crippen LogP contribution in [0.5, 0.6) is 0 Å². The van der Waals surface area contributed by atoms with Crippen molar-refractivity contribution in [1.82, 2.24) is 19.7 Å². The van der Waals surface area contributed by atoms with Crippen molar-refractivity contribution in [3.63, 3.8) is 0 Å². The molecule has 0 radical (unpaired) electrons. The van der Waals surface area contributed by atoms with E-state index in [9.17, 15) is 14.0 Å². The van der Waals surface area contributed by atoms with E-state index in [4.69, 9.17) is 5.73 Å². The fourth-order valence-corrected chi connectivity index (χ4v) is 3.79. The summed E-state index contributed by atoms with van der Waals surface area (Å²) in [6, 6.07) is 16.4. The Morgan fingerprint density at radius 1 is 1.13 bits per heavy atom. The first-order valence-electron chi connectivity index (χ1n) is 9.33. The number of thiophene rings is 1. The van der Waals surface area contributed by atoms with Crippen LogP contribution < -0.4 is 5.73 Å². The molecule has 4 rings (SSSR count). The Morgan fingerprint density at radius 3 is 2.65 bits per heavy atom. The number of halogens is 1. The second-order valence-corrected chi connectivity index (χ2v) is 7.80. The minimum atomic E-state index is -0.535. The van der Waals surface area contributed by atoms with E-state index in [1.165, 1.54) is 33.1 Å². The van der Waals surface area contributed by atoms with Crippen molar-refractivity contribution in [3.05, 3.63) is 88.8 Å². The lowest BCUT2D eigenvalue weighted by Crippen LogP contribution is -2.27. The highest BCUT2D eigenvalue weighted by Gasteiger charge is 2.22. The standard InChI is InChI=1S/C22H18FN5O2S/c1-27(13-14-5-2-6-15(11-14)19(24)29)22(30)20-25-21(18-9-4-10-31-18)28(26-20)17-8-3-7-16(23)12-17/h2-12H,13H2,1H3,(H2,24,29). The van der Waals surface area contributed by atoms with Gasteiger partial charge in [0.05, 0.1) is 10.6 Å². The predicted octanol–water partition coefficient (Wildman–Crippen LogP) is 3.51. The van der Waals surface area contributed by atoms with Crippen LogP contribution in [0.1, 0.15) is 26.5 Å². The molecule has 0 aliphatic rings. The van der Waals surface area contributed by atoms with Crippen molar-refractivity contribution in [3.8, 4) is 16.4 Å². The van der Waals surface area contributed by atoms with Crippen LogP contribution in [-0.4, -0.2) is 38.5 Å². The third-order valence-electron chi connectivity index (χ3n) is 4.57. The number of nitrogens with two attached hydrogens (primary N) is 1. The first kappa shape index (κ1) is 20.4. The number of carbonyl (C=O) groups is 2. The molecule has 0 aliphatic carbocycles. The molecular weight excluding hydrogens is 417 g/mol. The number of hydrogen-bond acceptors (Lipinski definition) is 5. The molecular formula is C22H18FN5O2S. The molecule has 0 bridgehead atoms. The summed E-state index contributed by atoms with van der Waals surface area (Å²) in [4.78, 5) is 31.1. The lowest BCUT2D eigenvalue weighted by Gasteiger charge is -2.15. The van der Waals surface area contributed by atoms with Gasteiger partial charge in [-0.1, -0.05) is 24.3 Å². The van der Waals surface area contributed by atoms with Crippen molar-refractivity contribution in [2.75, 3.05) is 7.05 Å². The van der Waals surface area contributed by atoms with Crippen molar-refractivity contribution in [2.45, 2.75) is 6.54 Å². The highest BCUT2D eigenvalue weighted by atomic mass is 32.1. The summed E-state index contributed by atoms with van der Waals surface area (Å²) >= 11 is 1.44. The molecule has 0 aliphatic heterocycles. The molecule has 2 aromatic heterocycles. The largest absolute Gasteiger partial charge is 0.366 e. The predicted molar refractivity (Wildman–Crippen MR) is 115 cm³/mol. The van der Waals surface area contributed by atoms with Crippen LogP contribution in [0.15, 0.2) is 66.0 Å². The van der Waals surface area contributed by atoms with Crippen molar-refractivity contribution < 1.29 is 14.0 Å². The molecule has 0 saturated carbocycles. The Kier molecular flexibility index (Phi) is 5.59. The number of primary amides is 1. The fourth-order valence-electron chi connectivity index (χ4n) is 3.10. The van der Waals surface area contributed by atoms with Gasteiger partial charge in [0.2, 0.25) is 11.7 Å². The summed E-state index contributed by atoms with van der Waals surface area (Å²) < 4.78 is 15.2. The third-order valence-corrected chi connectivity index (χ3v) is 5.44. The van der Waals surface area contributed by atoms with Gasteiger partial charge in [-0.2, -0.15) is 0 Å². The van der Waals surface area contributed by atoms with Gasteiger partial charge in [0, 0.05) is 19.2 Å². The quantitative estimate of drug-likeness (QED) is 0.502. The maximum atomic E-state index is 13.8. The number of amides is 2. The molecule has 9 heteroatoms. The zero-order chi connectivity index (χ0) is 22.0. The first-order chi connectivity index (χ1) is 14.9. The van der Waals surface area contributed by atoms with Crippen molar-refractivity contribution in [2.24, 2.45) is 5.73 Å². The van der Waals surface area contributed by atoms with Gasteiger partial charge in [-0.25, -0.2) is 14.1 Å². The van der Waals surface area contributed by atoms with Gasteiger partial charge in [-0.05, 0) is 47.3 Å². The van der Waals surface area contributed by atoms with Gasteiger partial charge in [0.15, 0.2) is 5.82 Å². The van der Waals surface area contributed by atoms with Gasteiger partial charge in [-0.15, -0.1) is 16.4 Å². The summed E-state index contributed by atoms with van der Waals surface area (Å²) in [5.74, 6) is -0.914. The number of rotatable bonds is 6. The van der Waals surface area contributed by atoms with Gasteiger partial charge in [0.25, 0.3) is 5.91 Å². The first-order valence-corrected chi connectivity index (χ1v) is 10.2. The fraction of sp³-hybridized carbons (Fsp3) is 0.0909. The minimum absolute atomic E-state index is 0.0128. The molecule has 0 saturated heterocycles. The van der Waals surface area contributed by atoms with Gasteiger partial charge in [-0.3, -0.25) is 9.59 Å². The Morgan fingerprint density at radius 2 is 1.94 bits per heavy atom. The lowest BCUT2D eigenvalue weighted by molar-refractivity contribution is 0.0773. The van der Waals surface area contributed by atoms with Gasteiger partial charge in [0.1, 0.15) is 5.82 Å². The lowest BCUT2D eigenvalue weighted by atomic mass is 10.1. The molecule has 2 aromatic carbocycles. The summed E-state index contributed by atoms with van der Waals surface area (Å²) in [6.45, 7) is 0.239. The molecule has 0 atom stereocenters. The average molecular weight is 435 g/mol. The van der Waals surface area contributed by atoms with Gasteiger partial charge >= 0.3 is 0 Å². The highest BCUT2D eigenvalue weighted by Crippen LogP contribution is 2.26. The zero-order valence-corrected chi connectivity index (χ0v) is 17.3. The number of hydrogen-bond donors (Lipinski definition) is 1. The smallest absolute Gasteiger partial charge is 0.293 e. The molecule has 7 nitrogen and oxygen atoms in total. The molecule has 0 unspecified atom stereocenters. The molecule has 0 spiro atoms. The molecule has 0 fully saturated rings. The van der Waals surface area contributed by atoms with Crippen LogP contribution in [0.3, 0.4) is 0 Å². The molecule has 4 aromatic rings. The van der Waals surface area contributed by atoms with Crippen LogP contribution in [0, 0.1) is 5.82 Å². The molecule has 156 valence electrons. The maximum absolute atomic E-state index is 13.8. The molecule has 2 heterocycles. The summed E-state index contributed by atoms with van der Waals surface area (Å²) in [5.41, 5.74) is 6.91. The number of nitrogens with zero attached hydrogens (tertiary/aromatic N) is 4. The van der Waals surface area contributed by atoms with Crippen LogP contribution in [0.2, 0.25) is 0 Å². The van der Waals surface area contributed by atoms with Gasteiger partial charge < -0.3 is 10.6 Å². The number of benzene rings is 2. The van der Waals surface area contributed by atoms with Crippen LogP contribution in [0.25, 0.3) is 16.4 Å². The monoisotopic (exact) mass is 435 g/mol. The van der Waals surface area contributed by atoms with Crippen LogP contribution in [0.4, 0.5) is 4.39 Å². The average Bonchev–Trinajstić information content (AvgIpc) is 3.43. The van der Waals surface area contributed by atoms with E-state index in [1.807, 2.05) is 17.5 Å². The Balaban J connectivity index is 1.66. The Labute approximate surface area is 181 Å². The van der Waals surface area contributed by atoms with Crippen molar-refractivity contribution >= 4 is 23.2 Å². The molecule has 2 N–H and O–H groups in total. The minimum Gasteiger partial charge on any atom is -0.366 e. The molecule has 31 heavy (non-hydrogen) atoms. The zero-order valence-electron chi connectivity index (χ0n) is 16.5. The van der Waals surface area contributed by atoms with Crippen LogP contribution in [-0.2, 0) is 6.54 Å². The number of carbonyl (C=O) groups excluding carboxylic acids is 2. The van der Waals surface area contributed by atoms with Crippen LogP contribution >= 0.6 is 11.3 Å². The summed E-state index contributed by atoms with van der Waals surface area (Å²) in [5, 5.41) is 6.25. The SMILES string of the molecule is CN(Cc1cccc(C(N)=O)c1)C(=O)c1nc(-c2cccs2)n(-c2cccc(F)c2)n1. The topological polar surface area (TPSA) is 94.1 Å². The number of aromatic nitrogens is 3. The maximum Gasteiger partial charge on any atom is 0.293 e. The Bertz CT molecular complexity index is 1250. The Hall–Kier alpha value is -3.85. The van der Waals surface area contributed by atoms with E-state index in [0.717, 1.165) is 10.4 Å². The van der Waals surface area contributed by atoms with E-state index >= 15 is 0 Å². The molecule has 2 amide bonds. The van der Waals surface area contributed by atoms with E-state index in [0.29, 0.717) is 17.1 Å². The summed E-state index contributed by atoms with van der Waals surface area (Å²) in [7, 11) is 1.62. The van der Waals surface area contributed by atoms with Crippen molar-refractivity contribution in [1.29, 1.82) is 0 Å².